The third-order valence-corrected chi connectivity index (χ3v) is 8.45. The van der Waals surface area contributed by atoms with Crippen molar-refractivity contribution in [3.8, 4) is 28.9 Å². The smallest absolute Gasteiger partial charge is 0.241 e. The van der Waals surface area contributed by atoms with E-state index in [4.69, 9.17) is 34.9 Å². The molecule has 0 aliphatic rings. The number of nitrogens with zero attached hydrogens (tertiary/aromatic N) is 10. The van der Waals surface area contributed by atoms with E-state index in [-0.39, 0.29) is 0 Å². The van der Waals surface area contributed by atoms with Crippen LogP contribution in [0, 0.1) is 0 Å². The summed E-state index contributed by atoms with van der Waals surface area (Å²) in [6.07, 6.45) is 8.87. The lowest BCUT2D eigenvalue weighted by molar-refractivity contribution is 0.931. The van der Waals surface area contributed by atoms with Gasteiger partial charge >= 0.3 is 0 Å². The predicted molar refractivity (Wildman–Crippen MR) is 182 cm³/mol. The number of hydrogen-bond donors (Lipinski definition) is 0. The van der Waals surface area contributed by atoms with Crippen LogP contribution in [0.3, 0.4) is 0 Å². The van der Waals surface area contributed by atoms with Crippen molar-refractivity contribution in [2.45, 2.75) is 0 Å². The molecule has 218 valence electrons. The quantitative estimate of drug-likeness (QED) is 0.191. The third kappa shape index (κ3) is 3.95. The summed E-state index contributed by atoms with van der Waals surface area (Å²) in [6.45, 7) is 0. The highest BCUT2D eigenvalue weighted by Crippen LogP contribution is 2.32. The molecule has 0 aliphatic carbocycles. The Kier molecular flexibility index (Phi) is 5.34. The monoisotopic (exact) mass is 604 g/mol. The number of benzene rings is 2. The molecule has 10 aromatic rings. The molecular weight excluding hydrogens is 584 g/mol. The molecular formula is C37H20N10. The predicted octanol–water partition coefficient (Wildman–Crippen LogP) is 7.29. The Hall–Kier alpha value is -6.81. The molecule has 10 rings (SSSR count). The van der Waals surface area contributed by atoms with Crippen LogP contribution < -0.4 is 0 Å². The number of fused-ring (bicyclic) bond motifs is 9. The van der Waals surface area contributed by atoms with Crippen LogP contribution in [0.2, 0.25) is 0 Å². The lowest BCUT2D eigenvalue weighted by atomic mass is 10.1. The first kappa shape index (κ1) is 25.5. The topological polar surface area (TPSA) is 121 Å². The minimum atomic E-state index is 0.376. The van der Waals surface area contributed by atoms with Crippen molar-refractivity contribution in [3.05, 3.63) is 122 Å². The molecule has 0 unspecified atom stereocenters. The number of pyridine rings is 6. The van der Waals surface area contributed by atoms with Gasteiger partial charge in [0.25, 0.3) is 0 Å². The molecule has 0 bridgehead atoms. The van der Waals surface area contributed by atoms with E-state index in [2.05, 4.69) is 22.1 Å². The van der Waals surface area contributed by atoms with E-state index >= 15 is 0 Å². The van der Waals surface area contributed by atoms with Gasteiger partial charge in [0.1, 0.15) is 17.0 Å². The maximum absolute atomic E-state index is 5.06. The van der Waals surface area contributed by atoms with Crippen LogP contribution in [0.1, 0.15) is 0 Å². The summed E-state index contributed by atoms with van der Waals surface area (Å²) in [4.78, 5) is 43.6. The van der Waals surface area contributed by atoms with E-state index in [1.54, 1.807) is 31.0 Å². The summed E-state index contributed by atoms with van der Waals surface area (Å²) in [7, 11) is 0. The maximum atomic E-state index is 5.06. The molecule has 2 aromatic carbocycles. The lowest BCUT2D eigenvalue weighted by Gasteiger charge is -2.11. The van der Waals surface area contributed by atoms with Gasteiger partial charge < -0.3 is 0 Å². The molecule has 0 saturated carbocycles. The molecule has 0 N–H and O–H groups in total. The maximum Gasteiger partial charge on any atom is 0.241 e. The highest BCUT2D eigenvalue weighted by molar-refractivity contribution is 6.06. The van der Waals surface area contributed by atoms with Gasteiger partial charge in [-0.25, -0.2) is 24.5 Å². The van der Waals surface area contributed by atoms with E-state index in [0.717, 1.165) is 59.9 Å². The fourth-order valence-corrected chi connectivity index (χ4v) is 6.28. The Morgan fingerprint density at radius 3 is 1.70 bits per heavy atom. The average molecular weight is 605 g/mol. The lowest BCUT2D eigenvalue weighted by Crippen LogP contribution is -2.08. The summed E-state index contributed by atoms with van der Waals surface area (Å²) in [5.41, 5.74) is 5.96. The van der Waals surface area contributed by atoms with Crippen LogP contribution in [-0.4, -0.2) is 49.4 Å². The van der Waals surface area contributed by atoms with Gasteiger partial charge in [-0.3, -0.25) is 15.0 Å². The second-order valence-electron chi connectivity index (χ2n) is 11.2. The molecule has 0 spiro atoms. The highest BCUT2D eigenvalue weighted by Gasteiger charge is 2.20. The minimum absolute atomic E-state index is 0.376. The summed E-state index contributed by atoms with van der Waals surface area (Å²) in [5.74, 6) is 1.22. The van der Waals surface area contributed by atoms with E-state index in [0.29, 0.717) is 34.6 Å². The van der Waals surface area contributed by atoms with Gasteiger partial charge in [-0.15, -0.1) is 0 Å². The third-order valence-electron chi connectivity index (χ3n) is 8.45. The summed E-state index contributed by atoms with van der Waals surface area (Å²) >= 11 is 0. The van der Waals surface area contributed by atoms with Gasteiger partial charge in [-0.2, -0.15) is 9.97 Å². The first-order valence-corrected chi connectivity index (χ1v) is 15.0. The number of aromatic nitrogens is 10. The summed E-state index contributed by atoms with van der Waals surface area (Å²) < 4.78 is 1.88. The van der Waals surface area contributed by atoms with Crippen LogP contribution >= 0.6 is 0 Å². The van der Waals surface area contributed by atoms with Gasteiger partial charge in [0.2, 0.25) is 5.95 Å². The molecule has 8 aromatic heterocycles. The molecule has 0 radical (unpaired) electrons. The molecule has 47 heavy (non-hydrogen) atoms. The second kappa shape index (κ2) is 9.85. The van der Waals surface area contributed by atoms with Crippen LogP contribution in [0.4, 0.5) is 0 Å². The van der Waals surface area contributed by atoms with Crippen LogP contribution in [0.25, 0.3) is 94.5 Å². The minimum Gasteiger partial charge on any atom is -0.254 e. The Balaban J connectivity index is 1.25. The van der Waals surface area contributed by atoms with Crippen LogP contribution in [0.15, 0.2) is 122 Å². The van der Waals surface area contributed by atoms with Gasteiger partial charge in [-0.1, -0.05) is 42.5 Å². The zero-order valence-electron chi connectivity index (χ0n) is 24.5. The van der Waals surface area contributed by atoms with E-state index in [1.165, 1.54) is 0 Å². The van der Waals surface area contributed by atoms with Gasteiger partial charge in [0.05, 0.1) is 22.1 Å². The van der Waals surface area contributed by atoms with Gasteiger partial charge in [0.15, 0.2) is 11.6 Å². The molecule has 0 saturated heterocycles. The molecule has 10 nitrogen and oxygen atoms in total. The number of hydrogen-bond acceptors (Lipinski definition) is 9. The second-order valence-corrected chi connectivity index (χ2v) is 11.2. The van der Waals surface area contributed by atoms with Crippen LogP contribution in [0.5, 0.6) is 0 Å². The molecule has 0 amide bonds. The van der Waals surface area contributed by atoms with Crippen LogP contribution in [-0.2, 0) is 0 Å². The molecule has 8 heterocycles. The molecule has 10 heteroatoms. The first-order chi connectivity index (χ1) is 23.3. The Morgan fingerprint density at radius 1 is 0.426 bits per heavy atom. The van der Waals surface area contributed by atoms with Gasteiger partial charge in [-0.05, 0) is 48.5 Å². The Labute approximate surface area is 265 Å². The molecule has 0 atom stereocenters. The molecule has 0 aliphatic heterocycles. The van der Waals surface area contributed by atoms with Crippen molar-refractivity contribution in [2.75, 3.05) is 0 Å². The van der Waals surface area contributed by atoms with E-state index in [9.17, 15) is 0 Å². The van der Waals surface area contributed by atoms with Crippen molar-refractivity contribution < 1.29 is 0 Å². The first-order valence-electron chi connectivity index (χ1n) is 15.0. The molecule has 0 fully saturated rings. The highest BCUT2D eigenvalue weighted by atomic mass is 15.2. The van der Waals surface area contributed by atoms with Crippen molar-refractivity contribution in [2.24, 2.45) is 0 Å². The zero-order valence-corrected chi connectivity index (χ0v) is 24.5. The Bertz CT molecular complexity index is 2830. The largest absolute Gasteiger partial charge is 0.254 e. The Morgan fingerprint density at radius 2 is 0.979 bits per heavy atom. The van der Waals surface area contributed by atoms with Crippen molar-refractivity contribution in [1.82, 2.24) is 49.4 Å². The summed E-state index contributed by atoms with van der Waals surface area (Å²) in [6, 6.07) is 30.0. The van der Waals surface area contributed by atoms with Crippen molar-refractivity contribution in [3.63, 3.8) is 0 Å². The van der Waals surface area contributed by atoms with E-state index < -0.39 is 0 Å². The number of rotatable bonds is 3. The standard InChI is InChI=1S/C37H20N10/c1-5-21-11-12-24-19-25(20-42-31(24)29(21)38-15-1)33-44-34(28-14-13-23-10-9-22-6-2-16-39-30(22)32(23)43-28)46-37(45-33)47-35-26(7-3-17-40-35)27-8-4-18-41-36(27)47/h1-20H. The van der Waals surface area contributed by atoms with Crippen molar-refractivity contribution in [1.29, 1.82) is 0 Å². The fourth-order valence-electron chi connectivity index (χ4n) is 6.28. The normalized spacial score (nSPS) is 11.8. The fraction of sp³-hybridized carbons (Fsp3) is 0. The summed E-state index contributed by atoms with van der Waals surface area (Å²) in [5, 5.41) is 5.84. The SMILES string of the molecule is c1cnc2c(c1)ccc1cc(-c3nc(-c4ccc5ccc6cccnc6c5n4)nc(-n4c5ncccc5c5cccnc54)n3)cnc12. The van der Waals surface area contributed by atoms with Gasteiger partial charge in [0, 0.05) is 68.9 Å². The zero-order chi connectivity index (χ0) is 30.9. The average Bonchev–Trinajstić information content (AvgIpc) is 3.48. The van der Waals surface area contributed by atoms with E-state index in [1.807, 2.05) is 83.4 Å². The van der Waals surface area contributed by atoms with Crippen molar-refractivity contribution >= 4 is 65.7 Å².